The summed E-state index contributed by atoms with van der Waals surface area (Å²) in [4.78, 5) is 7.95. The Morgan fingerprint density at radius 3 is 2.57 bits per heavy atom. The van der Waals surface area contributed by atoms with Gasteiger partial charge in [0.05, 0.1) is 25.5 Å². The zero-order valence-electron chi connectivity index (χ0n) is 15.5. The Bertz CT molecular complexity index is 795. The van der Waals surface area contributed by atoms with E-state index in [1.165, 1.54) is 6.07 Å². The lowest BCUT2D eigenvalue weighted by Crippen LogP contribution is -2.23. The predicted molar refractivity (Wildman–Crippen MR) is 102 cm³/mol. The van der Waals surface area contributed by atoms with Crippen LogP contribution in [0.15, 0.2) is 41.5 Å². The van der Waals surface area contributed by atoms with Crippen LogP contribution in [0, 0.1) is 0 Å². The number of hydrogen-bond donors (Lipinski definition) is 3. The van der Waals surface area contributed by atoms with E-state index < -0.39 is 11.7 Å². The van der Waals surface area contributed by atoms with Crippen LogP contribution in [0.4, 0.5) is 24.7 Å². The molecule has 0 aliphatic carbocycles. The molecule has 0 unspecified atom stereocenters. The van der Waals surface area contributed by atoms with E-state index in [-0.39, 0.29) is 5.96 Å². The van der Waals surface area contributed by atoms with Crippen LogP contribution >= 0.6 is 0 Å². The second kappa shape index (κ2) is 9.67. The van der Waals surface area contributed by atoms with Gasteiger partial charge in [0.1, 0.15) is 17.3 Å². The third-order valence-corrected chi connectivity index (χ3v) is 3.68. The number of benzene rings is 1. The minimum Gasteiger partial charge on any atom is -0.497 e. The summed E-state index contributed by atoms with van der Waals surface area (Å²) in [5, 5.41) is 5.88. The number of nitrogens with two attached hydrogens (primary N) is 1. The average Bonchev–Trinajstić information content (AvgIpc) is 2.67. The number of hydrogen-bond acceptors (Lipinski definition) is 5. The molecule has 0 aliphatic rings. The molecule has 0 saturated heterocycles. The van der Waals surface area contributed by atoms with Gasteiger partial charge in [-0.2, -0.15) is 13.2 Å². The van der Waals surface area contributed by atoms with Gasteiger partial charge in [-0.3, -0.25) is 4.99 Å². The molecule has 152 valence electrons. The third kappa shape index (κ3) is 6.22. The lowest BCUT2D eigenvalue weighted by Gasteiger charge is -2.12. The molecule has 0 atom stereocenters. The Hall–Kier alpha value is -3.17. The molecular weight excluding hydrogens is 375 g/mol. The van der Waals surface area contributed by atoms with Crippen molar-refractivity contribution >= 4 is 17.5 Å². The summed E-state index contributed by atoms with van der Waals surface area (Å²) in [5.41, 5.74) is 5.71. The Morgan fingerprint density at radius 1 is 1.18 bits per heavy atom. The summed E-state index contributed by atoms with van der Waals surface area (Å²) in [6.45, 7) is 0.899. The minimum absolute atomic E-state index is 0.208. The molecule has 28 heavy (non-hydrogen) atoms. The molecule has 2 aromatic rings. The number of aromatic nitrogens is 1. The topological polar surface area (TPSA) is 93.8 Å². The molecular formula is C18H22F3N5O2. The molecule has 0 fully saturated rings. The van der Waals surface area contributed by atoms with Crippen LogP contribution in [0.3, 0.4) is 0 Å². The molecule has 1 aromatic heterocycles. The van der Waals surface area contributed by atoms with Gasteiger partial charge in [0, 0.05) is 25.4 Å². The van der Waals surface area contributed by atoms with Crippen molar-refractivity contribution in [1.82, 2.24) is 4.98 Å². The van der Waals surface area contributed by atoms with Crippen LogP contribution < -0.4 is 25.8 Å². The lowest BCUT2D eigenvalue weighted by atomic mass is 10.2. The summed E-state index contributed by atoms with van der Waals surface area (Å²) in [7, 11) is 3.10. The zero-order valence-corrected chi connectivity index (χ0v) is 15.5. The quantitative estimate of drug-likeness (QED) is 0.359. The standard InChI is InChI=1S/C18H22F3N5O2/c1-27-13-5-6-15(28-2)14(10-13)26-17(22)24-9-3-8-23-16-7-4-12(11-25-16)18(19,20)21/h4-7,10-11H,3,8-9H2,1-2H3,(H,23,25)(H3,22,24,26). The van der Waals surface area contributed by atoms with E-state index in [9.17, 15) is 13.2 Å². The van der Waals surface area contributed by atoms with Crippen molar-refractivity contribution < 1.29 is 22.6 Å². The predicted octanol–water partition coefficient (Wildman–Crippen LogP) is 3.35. The molecule has 7 nitrogen and oxygen atoms in total. The molecule has 0 bridgehead atoms. The lowest BCUT2D eigenvalue weighted by molar-refractivity contribution is -0.137. The number of aliphatic imine (C=N–C) groups is 1. The fraction of sp³-hybridized carbons (Fsp3) is 0.333. The van der Waals surface area contributed by atoms with Crippen LogP contribution in [0.5, 0.6) is 11.5 Å². The van der Waals surface area contributed by atoms with E-state index >= 15 is 0 Å². The van der Waals surface area contributed by atoms with Gasteiger partial charge < -0.3 is 25.8 Å². The molecule has 1 heterocycles. The smallest absolute Gasteiger partial charge is 0.417 e. The van der Waals surface area contributed by atoms with Gasteiger partial charge in [0.15, 0.2) is 5.96 Å². The van der Waals surface area contributed by atoms with Gasteiger partial charge in [0.25, 0.3) is 0 Å². The molecule has 2 rings (SSSR count). The first-order valence-electron chi connectivity index (χ1n) is 8.39. The Balaban J connectivity index is 1.80. The highest BCUT2D eigenvalue weighted by atomic mass is 19.4. The molecule has 0 amide bonds. The average molecular weight is 397 g/mol. The van der Waals surface area contributed by atoms with E-state index in [1.807, 2.05) is 0 Å². The monoisotopic (exact) mass is 397 g/mol. The molecule has 0 radical (unpaired) electrons. The minimum atomic E-state index is -4.39. The van der Waals surface area contributed by atoms with Gasteiger partial charge in [0.2, 0.25) is 0 Å². The maximum absolute atomic E-state index is 12.5. The summed E-state index contributed by atoms with van der Waals surface area (Å²) >= 11 is 0. The molecule has 0 saturated carbocycles. The van der Waals surface area contributed by atoms with Crippen molar-refractivity contribution in [1.29, 1.82) is 0 Å². The highest BCUT2D eigenvalue weighted by Crippen LogP contribution is 2.29. The third-order valence-electron chi connectivity index (χ3n) is 3.68. The Morgan fingerprint density at radius 2 is 1.96 bits per heavy atom. The van der Waals surface area contributed by atoms with Crippen molar-refractivity contribution in [2.24, 2.45) is 10.7 Å². The first kappa shape index (κ1) is 21.1. The summed E-state index contributed by atoms with van der Waals surface area (Å²) < 4.78 is 47.9. The number of anilines is 2. The van der Waals surface area contributed by atoms with Crippen molar-refractivity contribution in [2.75, 3.05) is 37.9 Å². The molecule has 0 aliphatic heterocycles. The summed E-state index contributed by atoms with van der Waals surface area (Å²) in [6, 6.07) is 7.51. The fourth-order valence-electron chi connectivity index (χ4n) is 2.25. The number of guanidine groups is 1. The number of halogens is 3. The van der Waals surface area contributed by atoms with Crippen molar-refractivity contribution in [3.63, 3.8) is 0 Å². The van der Waals surface area contributed by atoms with Crippen LogP contribution in [-0.2, 0) is 6.18 Å². The zero-order chi connectivity index (χ0) is 20.6. The SMILES string of the molecule is COc1ccc(OC)c(NC(N)=NCCCNc2ccc(C(F)(F)F)cn2)c1. The van der Waals surface area contributed by atoms with E-state index in [4.69, 9.17) is 15.2 Å². The second-order valence-corrected chi connectivity index (χ2v) is 5.67. The van der Waals surface area contributed by atoms with Gasteiger partial charge >= 0.3 is 6.18 Å². The maximum atomic E-state index is 12.5. The van der Waals surface area contributed by atoms with Gasteiger partial charge in [-0.25, -0.2) is 4.98 Å². The number of methoxy groups -OCH3 is 2. The van der Waals surface area contributed by atoms with Crippen LogP contribution in [0.2, 0.25) is 0 Å². The normalized spacial score (nSPS) is 11.8. The number of rotatable bonds is 8. The maximum Gasteiger partial charge on any atom is 0.417 e. The highest BCUT2D eigenvalue weighted by molar-refractivity contribution is 5.94. The fourth-order valence-corrected chi connectivity index (χ4v) is 2.25. The highest BCUT2D eigenvalue weighted by Gasteiger charge is 2.30. The number of alkyl halides is 3. The van der Waals surface area contributed by atoms with Crippen molar-refractivity contribution in [3.8, 4) is 11.5 Å². The van der Waals surface area contributed by atoms with Crippen LogP contribution in [0.1, 0.15) is 12.0 Å². The molecule has 0 spiro atoms. The first-order chi connectivity index (χ1) is 13.3. The van der Waals surface area contributed by atoms with E-state index in [0.29, 0.717) is 42.5 Å². The van der Waals surface area contributed by atoms with Crippen LogP contribution in [0.25, 0.3) is 0 Å². The van der Waals surface area contributed by atoms with Gasteiger partial charge in [-0.05, 0) is 30.7 Å². The number of nitrogens with one attached hydrogen (secondary N) is 2. The molecule has 4 N–H and O–H groups in total. The van der Waals surface area contributed by atoms with Crippen molar-refractivity contribution in [2.45, 2.75) is 12.6 Å². The van der Waals surface area contributed by atoms with Crippen molar-refractivity contribution in [3.05, 3.63) is 42.1 Å². The Labute approximate surface area is 160 Å². The number of nitrogens with zero attached hydrogens (tertiary/aromatic N) is 2. The molecule has 10 heteroatoms. The summed E-state index contributed by atoms with van der Waals surface area (Å²) in [6.07, 6.45) is -2.99. The van der Waals surface area contributed by atoms with E-state index in [1.54, 1.807) is 32.4 Å². The van der Waals surface area contributed by atoms with E-state index in [2.05, 4.69) is 20.6 Å². The second-order valence-electron chi connectivity index (χ2n) is 5.67. The largest absolute Gasteiger partial charge is 0.497 e. The summed E-state index contributed by atoms with van der Waals surface area (Å²) in [5.74, 6) is 1.81. The van der Waals surface area contributed by atoms with E-state index in [0.717, 1.165) is 12.3 Å². The van der Waals surface area contributed by atoms with Gasteiger partial charge in [-0.1, -0.05) is 0 Å². The number of pyridine rings is 1. The first-order valence-corrected chi connectivity index (χ1v) is 8.39. The Kier molecular flexibility index (Phi) is 7.30. The number of ether oxygens (including phenoxy) is 2. The van der Waals surface area contributed by atoms with Crippen LogP contribution in [-0.4, -0.2) is 38.3 Å². The molecule has 1 aromatic carbocycles. The van der Waals surface area contributed by atoms with Gasteiger partial charge in [-0.15, -0.1) is 0 Å².